The molecule has 166 valence electrons. The van der Waals surface area contributed by atoms with Crippen LogP contribution in [-0.2, 0) is 15.6 Å². The number of para-hydroxylation sites is 1. The van der Waals surface area contributed by atoms with Crippen molar-refractivity contribution in [3.8, 4) is 11.5 Å². The monoisotopic (exact) mass is 455 g/mol. The Labute approximate surface area is 198 Å². The highest BCUT2D eigenvalue weighted by Gasteiger charge is 2.33. The van der Waals surface area contributed by atoms with Gasteiger partial charge in [0, 0.05) is 0 Å². The zero-order chi connectivity index (χ0) is 23.2. The zero-order valence-corrected chi connectivity index (χ0v) is 19.8. The summed E-state index contributed by atoms with van der Waals surface area (Å²) in [4.78, 5) is 15.8. The molecule has 0 fully saturated rings. The van der Waals surface area contributed by atoms with Crippen LogP contribution in [0.2, 0.25) is 0 Å². The first-order valence-corrected chi connectivity index (χ1v) is 12.1. The van der Waals surface area contributed by atoms with Crippen molar-refractivity contribution < 1.29 is 14.3 Å². The van der Waals surface area contributed by atoms with Crippen LogP contribution in [0.25, 0.3) is 0 Å². The molecular weight excluding hydrogens is 428 g/mol. The Morgan fingerprint density at radius 1 is 0.697 bits per heavy atom. The van der Waals surface area contributed by atoms with Crippen molar-refractivity contribution in [1.82, 2.24) is 0 Å². The molecule has 0 spiro atoms. The van der Waals surface area contributed by atoms with Crippen LogP contribution in [0.3, 0.4) is 0 Å². The van der Waals surface area contributed by atoms with Gasteiger partial charge in [0.2, 0.25) is 0 Å². The Hall–Kier alpha value is -3.50. The number of esters is 1. The van der Waals surface area contributed by atoms with E-state index in [-0.39, 0.29) is 5.97 Å². The predicted molar refractivity (Wildman–Crippen MR) is 133 cm³/mol. The summed E-state index contributed by atoms with van der Waals surface area (Å²) in [5.41, 5.74) is 1.87. The number of carbonyl (C=O) groups is 1. The largest absolute Gasteiger partial charge is 0.465 e. The molecule has 4 aromatic carbocycles. The van der Waals surface area contributed by atoms with Gasteiger partial charge in [-0.2, -0.15) is 0 Å². The molecule has 0 aliphatic carbocycles. The fraction of sp³-hybridized carbons (Fsp3) is 0.138. The average Bonchev–Trinajstić information content (AvgIpc) is 2.86. The molecule has 0 saturated heterocycles. The Balaban J connectivity index is 1.76. The third-order valence-corrected chi connectivity index (χ3v) is 7.62. The summed E-state index contributed by atoms with van der Waals surface area (Å²) in [6.45, 7) is 4.37. The van der Waals surface area contributed by atoms with Gasteiger partial charge in [-0.15, -0.1) is 0 Å². The number of benzene rings is 4. The topological polar surface area (TPSA) is 35.5 Å². The van der Waals surface area contributed by atoms with Gasteiger partial charge in [-0.1, -0.05) is 56.3 Å². The molecule has 1 unspecified atom stereocenters. The van der Waals surface area contributed by atoms with Gasteiger partial charge in [-0.3, -0.25) is 0 Å². The van der Waals surface area contributed by atoms with Crippen LogP contribution in [0.5, 0.6) is 11.5 Å². The van der Waals surface area contributed by atoms with Crippen LogP contribution in [0.1, 0.15) is 35.7 Å². The molecule has 1 atom stereocenters. The Morgan fingerprint density at radius 3 is 1.85 bits per heavy atom. The maximum absolute atomic E-state index is 12.6. The lowest BCUT2D eigenvalue weighted by Crippen LogP contribution is -2.12. The van der Waals surface area contributed by atoms with Gasteiger partial charge in [0.25, 0.3) is 0 Å². The van der Waals surface area contributed by atoms with E-state index in [4.69, 9.17) is 9.47 Å². The molecular formula is C29H27O3S+. The van der Waals surface area contributed by atoms with Crippen LogP contribution < -0.4 is 4.74 Å². The van der Waals surface area contributed by atoms with E-state index in [1.54, 1.807) is 0 Å². The molecule has 0 amide bonds. The maximum atomic E-state index is 12.6. The lowest BCUT2D eigenvalue weighted by atomic mass is 10.0. The molecule has 0 saturated carbocycles. The fourth-order valence-corrected chi connectivity index (χ4v) is 5.75. The van der Waals surface area contributed by atoms with Crippen LogP contribution in [0, 0.1) is 0 Å². The second-order valence-electron chi connectivity index (χ2n) is 7.90. The van der Waals surface area contributed by atoms with Gasteiger partial charge in [-0.25, -0.2) is 4.79 Å². The van der Waals surface area contributed by atoms with Crippen LogP contribution in [0.4, 0.5) is 0 Å². The first kappa shape index (κ1) is 22.7. The zero-order valence-electron chi connectivity index (χ0n) is 19.0. The van der Waals surface area contributed by atoms with Gasteiger partial charge >= 0.3 is 5.97 Å². The Kier molecular flexibility index (Phi) is 7.16. The summed E-state index contributed by atoms with van der Waals surface area (Å²) >= 11 is 0. The molecule has 0 aromatic heterocycles. The quantitative estimate of drug-likeness (QED) is 0.214. The summed E-state index contributed by atoms with van der Waals surface area (Å²) in [7, 11) is 0.940. The lowest BCUT2D eigenvalue weighted by molar-refractivity contribution is 0.0596. The van der Waals surface area contributed by atoms with E-state index in [0.29, 0.717) is 11.5 Å². The summed E-state index contributed by atoms with van der Waals surface area (Å²) in [6, 6.07) is 34.2. The van der Waals surface area contributed by atoms with E-state index in [2.05, 4.69) is 50.2 Å². The van der Waals surface area contributed by atoms with Crippen molar-refractivity contribution >= 4 is 16.9 Å². The van der Waals surface area contributed by atoms with E-state index in [0.717, 1.165) is 26.2 Å². The molecule has 0 radical (unpaired) electrons. The predicted octanol–water partition coefficient (Wildman–Crippen LogP) is 7.48. The van der Waals surface area contributed by atoms with Gasteiger partial charge in [0.05, 0.1) is 7.11 Å². The highest BCUT2D eigenvalue weighted by Crippen LogP contribution is 2.35. The minimum absolute atomic E-state index is 0.328. The summed E-state index contributed by atoms with van der Waals surface area (Å²) in [5.74, 6) is 1.69. The van der Waals surface area contributed by atoms with Crippen molar-refractivity contribution in [2.24, 2.45) is 0 Å². The first-order valence-electron chi connectivity index (χ1n) is 10.9. The van der Waals surface area contributed by atoms with E-state index in [9.17, 15) is 4.79 Å². The second kappa shape index (κ2) is 10.4. The van der Waals surface area contributed by atoms with Gasteiger partial charge in [0.1, 0.15) is 28.0 Å². The standard InChI is InChI=1S/C29H27O3S/c1-21(2)22-13-17-25(18-14-22)33(28-12-8-7-11-27(28)29(30)31-3)26-19-15-24(16-20-26)32-23-9-5-4-6-10-23/h4-21H,1-3H3/q+1. The normalized spacial score (nSPS) is 11.8. The van der Waals surface area contributed by atoms with Crippen molar-refractivity contribution in [3.63, 3.8) is 0 Å². The highest BCUT2D eigenvalue weighted by atomic mass is 32.2. The number of hydrogen-bond acceptors (Lipinski definition) is 3. The SMILES string of the molecule is COC(=O)c1ccccc1[S+](c1ccc(Oc2ccccc2)cc1)c1ccc(C(C)C)cc1. The Morgan fingerprint density at radius 2 is 1.24 bits per heavy atom. The van der Waals surface area contributed by atoms with E-state index in [1.165, 1.54) is 12.7 Å². The van der Waals surface area contributed by atoms with Crippen LogP contribution in [0.15, 0.2) is 118 Å². The molecule has 0 aliphatic rings. The number of hydrogen-bond donors (Lipinski definition) is 0. The fourth-order valence-electron chi connectivity index (χ4n) is 3.57. The van der Waals surface area contributed by atoms with E-state index >= 15 is 0 Å². The molecule has 0 aliphatic heterocycles. The number of rotatable bonds is 7. The molecule has 3 nitrogen and oxygen atoms in total. The van der Waals surface area contributed by atoms with Crippen molar-refractivity contribution in [2.75, 3.05) is 7.11 Å². The Bertz CT molecular complexity index is 1200. The molecule has 4 aromatic rings. The molecule has 4 rings (SSSR count). The van der Waals surface area contributed by atoms with Crippen LogP contribution >= 0.6 is 0 Å². The average molecular weight is 456 g/mol. The summed E-state index contributed by atoms with van der Waals surface area (Å²) < 4.78 is 11.1. The van der Waals surface area contributed by atoms with Gasteiger partial charge < -0.3 is 9.47 Å². The van der Waals surface area contributed by atoms with Crippen molar-refractivity contribution in [2.45, 2.75) is 34.5 Å². The summed E-state index contributed by atoms with van der Waals surface area (Å²) in [5, 5.41) is 0. The van der Waals surface area contributed by atoms with E-state index < -0.39 is 10.9 Å². The highest BCUT2D eigenvalue weighted by molar-refractivity contribution is 7.97. The third-order valence-electron chi connectivity index (χ3n) is 5.33. The van der Waals surface area contributed by atoms with Gasteiger partial charge in [-0.05, 0) is 72.1 Å². The smallest absolute Gasteiger partial charge is 0.343 e. The first-order chi connectivity index (χ1) is 16.1. The molecule has 4 heteroatoms. The van der Waals surface area contributed by atoms with Crippen molar-refractivity contribution in [1.29, 1.82) is 0 Å². The molecule has 0 bridgehead atoms. The number of ether oxygens (including phenoxy) is 2. The van der Waals surface area contributed by atoms with E-state index in [1.807, 2.05) is 66.7 Å². The minimum atomic E-state index is -0.481. The maximum Gasteiger partial charge on any atom is 0.343 e. The second-order valence-corrected chi connectivity index (χ2v) is 9.90. The summed E-state index contributed by atoms with van der Waals surface area (Å²) in [6.07, 6.45) is 0. The third kappa shape index (κ3) is 5.29. The molecule has 0 N–H and O–H groups in total. The number of methoxy groups -OCH3 is 1. The minimum Gasteiger partial charge on any atom is -0.465 e. The van der Waals surface area contributed by atoms with Crippen LogP contribution in [-0.4, -0.2) is 13.1 Å². The van der Waals surface area contributed by atoms with Crippen molar-refractivity contribution in [3.05, 3.63) is 114 Å². The molecule has 0 heterocycles. The number of carbonyl (C=O) groups excluding carboxylic acids is 1. The lowest BCUT2D eigenvalue weighted by Gasteiger charge is -2.13. The van der Waals surface area contributed by atoms with Gasteiger partial charge in [0.15, 0.2) is 14.7 Å². The molecule has 33 heavy (non-hydrogen) atoms.